The summed E-state index contributed by atoms with van der Waals surface area (Å²) in [4.78, 5) is 17.1. The van der Waals surface area contributed by atoms with Crippen LogP contribution >= 0.6 is 27.5 Å². The SMILES string of the molecule is O=C1CC(CS(=O)(=O)F)CN1c1ncc(Br)cc1Cl. The molecular weight excluding hydrogens is 363 g/mol. The maximum absolute atomic E-state index is 12.6. The third kappa shape index (κ3) is 3.64. The van der Waals surface area contributed by atoms with E-state index in [4.69, 9.17) is 11.6 Å². The molecule has 1 unspecified atom stereocenters. The average molecular weight is 372 g/mol. The van der Waals surface area contributed by atoms with Gasteiger partial charge in [0.1, 0.15) is 0 Å². The summed E-state index contributed by atoms with van der Waals surface area (Å²) >= 11 is 9.17. The predicted octanol–water partition coefficient (Wildman–Crippen LogP) is 2.15. The lowest BCUT2D eigenvalue weighted by molar-refractivity contribution is -0.117. The van der Waals surface area contributed by atoms with Gasteiger partial charge >= 0.3 is 10.2 Å². The van der Waals surface area contributed by atoms with Gasteiger partial charge in [0, 0.05) is 29.6 Å². The highest BCUT2D eigenvalue weighted by atomic mass is 79.9. The lowest BCUT2D eigenvalue weighted by Gasteiger charge is -2.16. The number of hydrogen-bond donors (Lipinski definition) is 0. The largest absolute Gasteiger partial charge is 0.302 e. The van der Waals surface area contributed by atoms with Crippen LogP contribution in [0.4, 0.5) is 9.70 Å². The number of anilines is 1. The lowest BCUT2D eigenvalue weighted by Crippen LogP contribution is -2.26. The number of aromatic nitrogens is 1. The van der Waals surface area contributed by atoms with Crippen molar-refractivity contribution >= 4 is 49.5 Å². The van der Waals surface area contributed by atoms with Gasteiger partial charge in [-0.3, -0.25) is 9.69 Å². The fraction of sp³-hybridized carbons (Fsp3) is 0.400. The topological polar surface area (TPSA) is 67.3 Å². The standard InChI is InChI=1S/C10H9BrClFN2O3S/c11-7-2-8(12)10(14-3-7)15-4-6(1-9(15)16)5-19(13,17)18/h2-3,6H,1,4-5H2. The first-order valence-electron chi connectivity index (χ1n) is 5.30. The molecule has 0 saturated carbocycles. The van der Waals surface area contributed by atoms with E-state index in [-0.39, 0.29) is 29.7 Å². The molecule has 0 aliphatic carbocycles. The molecule has 19 heavy (non-hydrogen) atoms. The van der Waals surface area contributed by atoms with Gasteiger partial charge < -0.3 is 0 Å². The van der Waals surface area contributed by atoms with Crippen molar-refractivity contribution in [1.82, 2.24) is 4.98 Å². The second-order valence-corrected chi connectivity index (χ2v) is 6.97. The Morgan fingerprint density at radius 1 is 1.58 bits per heavy atom. The number of rotatable bonds is 3. The molecule has 1 aromatic rings. The minimum absolute atomic E-state index is 0.0305. The molecule has 9 heteroatoms. The van der Waals surface area contributed by atoms with Crippen molar-refractivity contribution in [3.05, 3.63) is 21.8 Å². The van der Waals surface area contributed by atoms with Gasteiger partial charge in [0.2, 0.25) is 5.91 Å². The smallest absolute Gasteiger partial charge is 0.295 e. The molecule has 2 rings (SSSR count). The van der Waals surface area contributed by atoms with Gasteiger partial charge in [-0.2, -0.15) is 8.42 Å². The molecule has 0 radical (unpaired) electrons. The van der Waals surface area contributed by atoms with Crippen molar-refractivity contribution in [2.45, 2.75) is 6.42 Å². The molecule has 1 atom stereocenters. The van der Waals surface area contributed by atoms with Crippen molar-refractivity contribution in [2.24, 2.45) is 5.92 Å². The van der Waals surface area contributed by atoms with E-state index in [9.17, 15) is 17.1 Å². The lowest BCUT2D eigenvalue weighted by atomic mass is 10.1. The van der Waals surface area contributed by atoms with Crippen LogP contribution in [0.3, 0.4) is 0 Å². The number of halogens is 3. The van der Waals surface area contributed by atoms with E-state index in [2.05, 4.69) is 20.9 Å². The summed E-state index contributed by atoms with van der Waals surface area (Å²) < 4.78 is 34.5. The minimum Gasteiger partial charge on any atom is -0.295 e. The summed E-state index contributed by atoms with van der Waals surface area (Å²) in [6.07, 6.45) is 1.45. The summed E-state index contributed by atoms with van der Waals surface area (Å²) in [7, 11) is -4.59. The van der Waals surface area contributed by atoms with Crippen LogP contribution in [-0.4, -0.2) is 31.6 Å². The van der Waals surface area contributed by atoms with Crippen LogP contribution < -0.4 is 4.90 Å². The van der Waals surface area contributed by atoms with E-state index in [1.54, 1.807) is 6.07 Å². The first-order valence-corrected chi connectivity index (χ1v) is 8.02. The molecule has 0 bridgehead atoms. The van der Waals surface area contributed by atoms with Gasteiger partial charge in [0.15, 0.2) is 5.82 Å². The molecule has 1 amide bonds. The Morgan fingerprint density at radius 2 is 2.26 bits per heavy atom. The summed E-state index contributed by atoms with van der Waals surface area (Å²) in [6.45, 7) is 0.0936. The summed E-state index contributed by atoms with van der Waals surface area (Å²) in [5, 5.41) is 0.270. The second kappa shape index (κ2) is 5.34. The average Bonchev–Trinajstić information content (AvgIpc) is 2.56. The van der Waals surface area contributed by atoms with E-state index < -0.39 is 21.9 Å². The quantitative estimate of drug-likeness (QED) is 0.764. The Hall–Kier alpha value is -0.730. The Kier molecular flexibility index (Phi) is 4.12. The van der Waals surface area contributed by atoms with E-state index in [0.29, 0.717) is 4.47 Å². The number of hydrogen-bond acceptors (Lipinski definition) is 4. The van der Waals surface area contributed by atoms with Gasteiger partial charge in [0.25, 0.3) is 0 Å². The molecule has 1 aromatic heterocycles. The van der Waals surface area contributed by atoms with Crippen molar-refractivity contribution in [1.29, 1.82) is 0 Å². The summed E-state index contributed by atoms with van der Waals surface area (Å²) in [5.74, 6) is -1.30. The molecule has 1 aliphatic heterocycles. The fourth-order valence-electron chi connectivity index (χ4n) is 1.99. The van der Waals surface area contributed by atoms with Crippen LogP contribution in [0.15, 0.2) is 16.7 Å². The molecule has 1 saturated heterocycles. The normalized spacial score (nSPS) is 20.1. The first-order chi connectivity index (χ1) is 8.76. The monoisotopic (exact) mass is 370 g/mol. The minimum atomic E-state index is -4.59. The molecule has 1 aliphatic rings. The molecule has 5 nitrogen and oxygen atoms in total. The van der Waals surface area contributed by atoms with Crippen LogP contribution in [0.1, 0.15) is 6.42 Å². The highest BCUT2D eigenvalue weighted by molar-refractivity contribution is 9.10. The van der Waals surface area contributed by atoms with Crippen LogP contribution in [-0.2, 0) is 15.0 Å². The fourth-order valence-corrected chi connectivity index (χ4v) is 3.50. The van der Waals surface area contributed by atoms with Crippen LogP contribution in [0.2, 0.25) is 5.02 Å². The molecule has 1 fully saturated rings. The zero-order valence-electron chi connectivity index (χ0n) is 9.51. The van der Waals surface area contributed by atoms with Crippen molar-refractivity contribution in [3.8, 4) is 0 Å². The number of carbonyl (C=O) groups excluding carboxylic acids is 1. The Bertz CT molecular complexity index is 625. The highest BCUT2D eigenvalue weighted by Gasteiger charge is 2.35. The van der Waals surface area contributed by atoms with Gasteiger partial charge in [0.05, 0.1) is 10.8 Å². The van der Waals surface area contributed by atoms with Crippen LogP contribution in [0.25, 0.3) is 0 Å². The summed E-state index contributed by atoms with van der Waals surface area (Å²) in [5.41, 5.74) is 0. The molecule has 2 heterocycles. The Balaban J connectivity index is 2.20. The molecule has 0 aromatic carbocycles. The molecule has 0 N–H and O–H groups in total. The number of nitrogens with zero attached hydrogens (tertiary/aromatic N) is 2. The number of carbonyl (C=O) groups is 1. The number of amides is 1. The molecule has 104 valence electrons. The molecule has 0 spiro atoms. The van der Waals surface area contributed by atoms with E-state index in [0.717, 1.165) is 0 Å². The van der Waals surface area contributed by atoms with Crippen molar-refractivity contribution in [3.63, 3.8) is 0 Å². The van der Waals surface area contributed by atoms with Gasteiger partial charge in [-0.1, -0.05) is 11.6 Å². The van der Waals surface area contributed by atoms with Gasteiger partial charge in [-0.15, -0.1) is 3.89 Å². The third-order valence-electron chi connectivity index (χ3n) is 2.68. The second-order valence-electron chi connectivity index (χ2n) is 4.24. The van der Waals surface area contributed by atoms with Crippen molar-refractivity contribution in [2.75, 3.05) is 17.2 Å². The van der Waals surface area contributed by atoms with E-state index >= 15 is 0 Å². The van der Waals surface area contributed by atoms with E-state index in [1.807, 2.05) is 0 Å². The summed E-state index contributed by atoms with van der Waals surface area (Å²) in [6, 6.07) is 1.58. The van der Waals surface area contributed by atoms with Gasteiger partial charge in [-0.05, 0) is 22.0 Å². The number of pyridine rings is 1. The van der Waals surface area contributed by atoms with E-state index in [1.165, 1.54) is 11.1 Å². The van der Waals surface area contributed by atoms with Crippen molar-refractivity contribution < 1.29 is 17.1 Å². The third-order valence-corrected chi connectivity index (χ3v) is 4.27. The predicted molar refractivity (Wildman–Crippen MR) is 72.3 cm³/mol. The van der Waals surface area contributed by atoms with Gasteiger partial charge in [-0.25, -0.2) is 4.98 Å². The highest BCUT2D eigenvalue weighted by Crippen LogP contribution is 2.31. The van der Waals surface area contributed by atoms with Crippen LogP contribution in [0.5, 0.6) is 0 Å². The Labute approximate surface area is 123 Å². The first kappa shape index (κ1) is 14.7. The molecular formula is C10H9BrClFN2O3S. The zero-order valence-corrected chi connectivity index (χ0v) is 12.7. The maximum Gasteiger partial charge on any atom is 0.302 e. The zero-order chi connectivity index (χ0) is 14.2. The Morgan fingerprint density at radius 3 is 2.84 bits per heavy atom. The van der Waals surface area contributed by atoms with Crippen LogP contribution in [0, 0.1) is 5.92 Å². The maximum atomic E-state index is 12.6.